The van der Waals surface area contributed by atoms with Gasteiger partial charge in [0.25, 0.3) is 5.91 Å². The fourth-order valence-corrected chi connectivity index (χ4v) is 2.07. The topological polar surface area (TPSA) is 72.6 Å². The van der Waals surface area contributed by atoms with Crippen LogP contribution in [0.1, 0.15) is 22.3 Å². The Bertz CT molecular complexity index is 503. The van der Waals surface area contributed by atoms with Gasteiger partial charge in [0.15, 0.2) is 0 Å². The Hall–Kier alpha value is -1.56. The molecule has 0 unspecified atom stereocenters. The number of nitrogen functional groups attached to an aromatic ring is 1. The Morgan fingerprint density at radius 3 is 2.63 bits per heavy atom. The zero-order valence-corrected chi connectivity index (χ0v) is 12.8. The molecule has 1 rings (SSSR count). The van der Waals surface area contributed by atoms with E-state index in [0.717, 1.165) is 10.0 Å². The lowest BCUT2D eigenvalue weighted by molar-refractivity contribution is -0.140. The van der Waals surface area contributed by atoms with Crippen molar-refractivity contribution in [3.8, 4) is 0 Å². The third-order valence-corrected chi connectivity index (χ3v) is 3.33. The molecule has 1 amide bonds. The van der Waals surface area contributed by atoms with Crippen LogP contribution >= 0.6 is 15.9 Å². The molecule has 0 heterocycles. The number of ether oxygens (including phenoxy) is 1. The first kappa shape index (κ1) is 15.5. The Morgan fingerprint density at radius 2 is 2.05 bits per heavy atom. The summed E-state index contributed by atoms with van der Waals surface area (Å²) in [6.07, 6.45) is 0.168. The summed E-state index contributed by atoms with van der Waals surface area (Å²) >= 11 is 3.31. The lowest BCUT2D eigenvalue weighted by Crippen LogP contribution is -2.30. The average molecular weight is 329 g/mol. The molecule has 0 atom stereocenters. The van der Waals surface area contributed by atoms with E-state index in [0.29, 0.717) is 17.8 Å². The monoisotopic (exact) mass is 328 g/mol. The van der Waals surface area contributed by atoms with Crippen LogP contribution in [-0.2, 0) is 9.53 Å². The number of halogens is 1. The Morgan fingerprint density at radius 1 is 1.42 bits per heavy atom. The Kier molecular flexibility index (Phi) is 5.35. The standard InChI is InChI=1S/C13H17BrN2O3/c1-8-10(6-9(14)7-11(8)15)13(18)16(2)5-4-12(17)19-3/h6-7H,4-5,15H2,1-3H3. The number of amides is 1. The molecule has 104 valence electrons. The molecule has 1 aromatic carbocycles. The van der Waals surface area contributed by atoms with Gasteiger partial charge in [0.05, 0.1) is 13.5 Å². The van der Waals surface area contributed by atoms with Crippen LogP contribution in [-0.4, -0.2) is 37.5 Å². The second-order valence-electron chi connectivity index (χ2n) is 4.22. The molecule has 1 aromatic rings. The largest absolute Gasteiger partial charge is 0.469 e. The molecule has 0 aliphatic heterocycles. The predicted octanol–water partition coefficient (Wildman–Crippen LogP) is 1.97. The molecule has 0 saturated heterocycles. The molecule has 5 nitrogen and oxygen atoms in total. The van der Waals surface area contributed by atoms with Crippen LogP contribution in [0.25, 0.3) is 0 Å². The highest BCUT2D eigenvalue weighted by Gasteiger charge is 2.17. The van der Waals surface area contributed by atoms with E-state index in [1.165, 1.54) is 12.0 Å². The maximum Gasteiger partial charge on any atom is 0.307 e. The van der Waals surface area contributed by atoms with Crippen LogP contribution in [0.2, 0.25) is 0 Å². The smallest absolute Gasteiger partial charge is 0.307 e. The maximum atomic E-state index is 12.3. The molecule has 0 aliphatic carbocycles. The normalized spacial score (nSPS) is 10.1. The number of benzene rings is 1. The summed E-state index contributed by atoms with van der Waals surface area (Å²) in [4.78, 5) is 24.8. The molecule has 6 heteroatoms. The van der Waals surface area contributed by atoms with Crippen LogP contribution in [0.4, 0.5) is 5.69 Å². The maximum absolute atomic E-state index is 12.3. The van der Waals surface area contributed by atoms with E-state index in [-0.39, 0.29) is 18.3 Å². The highest BCUT2D eigenvalue weighted by Crippen LogP contribution is 2.23. The van der Waals surface area contributed by atoms with Crippen LogP contribution in [0.3, 0.4) is 0 Å². The van der Waals surface area contributed by atoms with Crippen LogP contribution in [0.15, 0.2) is 16.6 Å². The first-order valence-electron chi connectivity index (χ1n) is 5.74. The van der Waals surface area contributed by atoms with Gasteiger partial charge in [0.1, 0.15) is 0 Å². The third-order valence-electron chi connectivity index (χ3n) is 2.87. The van der Waals surface area contributed by atoms with Crippen molar-refractivity contribution in [3.05, 3.63) is 27.7 Å². The van der Waals surface area contributed by atoms with E-state index in [1.54, 1.807) is 26.1 Å². The fraction of sp³-hybridized carbons (Fsp3) is 0.385. The lowest BCUT2D eigenvalue weighted by atomic mass is 10.1. The van der Waals surface area contributed by atoms with Gasteiger partial charge in [-0.05, 0) is 24.6 Å². The minimum Gasteiger partial charge on any atom is -0.469 e. The summed E-state index contributed by atoms with van der Waals surface area (Å²) in [5.74, 6) is -0.514. The van der Waals surface area contributed by atoms with E-state index in [4.69, 9.17) is 5.73 Å². The van der Waals surface area contributed by atoms with Crippen molar-refractivity contribution in [2.24, 2.45) is 0 Å². The number of esters is 1. The fourth-order valence-electron chi connectivity index (χ4n) is 1.59. The van der Waals surface area contributed by atoms with Gasteiger partial charge < -0.3 is 15.4 Å². The number of carbonyl (C=O) groups is 2. The van der Waals surface area contributed by atoms with Crippen molar-refractivity contribution in [1.29, 1.82) is 0 Å². The zero-order valence-electron chi connectivity index (χ0n) is 11.2. The lowest BCUT2D eigenvalue weighted by Gasteiger charge is -2.18. The van der Waals surface area contributed by atoms with E-state index in [9.17, 15) is 9.59 Å². The Balaban J connectivity index is 2.85. The Labute approximate surface area is 120 Å². The molecule has 19 heavy (non-hydrogen) atoms. The van der Waals surface area contributed by atoms with Gasteiger partial charge in [-0.3, -0.25) is 9.59 Å². The minimum absolute atomic E-state index is 0.168. The molecule has 0 spiro atoms. The van der Waals surface area contributed by atoms with Crippen LogP contribution in [0.5, 0.6) is 0 Å². The molecule has 0 aromatic heterocycles. The van der Waals surface area contributed by atoms with Crippen molar-refractivity contribution in [1.82, 2.24) is 4.90 Å². The van der Waals surface area contributed by atoms with Gasteiger partial charge in [0.2, 0.25) is 0 Å². The van der Waals surface area contributed by atoms with Gasteiger partial charge in [-0.2, -0.15) is 0 Å². The number of hydrogen-bond donors (Lipinski definition) is 1. The van der Waals surface area contributed by atoms with Crippen LogP contribution < -0.4 is 5.73 Å². The van der Waals surface area contributed by atoms with Crippen molar-refractivity contribution in [2.45, 2.75) is 13.3 Å². The molecule has 2 N–H and O–H groups in total. The number of carbonyl (C=O) groups excluding carboxylic acids is 2. The van der Waals surface area contributed by atoms with Gasteiger partial charge in [-0.1, -0.05) is 15.9 Å². The van der Waals surface area contributed by atoms with Gasteiger partial charge in [0, 0.05) is 29.3 Å². The number of nitrogens with zero attached hydrogens (tertiary/aromatic N) is 1. The van der Waals surface area contributed by atoms with Gasteiger partial charge in [-0.15, -0.1) is 0 Å². The van der Waals surface area contributed by atoms with Crippen molar-refractivity contribution in [3.63, 3.8) is 0 Å². The zero-order chi connectivity index (χ0) is 14.6. The van der Waals surface area contributed by atoms with Crippen molar-refractivity contribution in [2.75, 3.05) is 26.4 Å². The van der Waals surface area contributed by atoms with Gasteiger partial charge >= 0.3 is 5.97 Å². The first-order valence-corrected chi connectivity index (χ1v) is 6.54. The number of rotatable bonds is 4. The summed E-state index contributed by atoms with van der Waals surface area (Å²) in [7, 11) is 2.96. The quantitative estimate of drug-likeness (QED) is 0.677. The molecule has 0 saturated carbocycles. The third kappa shape index (κ3) is 3.96. The molecular weight excluding hydrogens is 312 g/mol. The summed E-state index contributed by atoms with van der Waals surface area (Å²) < 4.78 is 5.29. The SMILES string of the molecule is COC(=O)CCN(C)C(=O)c1cc(Br)cc(N)c1C. The molecule has 0 bridgehead atoms. The molecule has 0 aliphatic rings. The summed E-state index contributed by atoms with van der Waals surface area (Å²) in [5, 5.41) is 0. The molecular formula is C13H17BrN2O3. The summed E-state index contributed by atoms with van der Waals surface area (Å²) in [5.41, 5.74) is 7.64. The first-order chi connectivity index (χ1) is 8.86. The number of methoxy groups -OCH3 is 1. The van der Waals surface area contributed by atoms with Crippen molar-refractivity contribution >= 4 is 33.5 Å². The molecule has 0 fully saturated rings. The van der Waals surface area contributed by atoms with Crippen molar-refractivity contribution < 1.29 is 14.3 Å². The average Bonchev–Trinajstić information content (AvgIpc) is 2.38. The highest BCUT2D eigenvalue weighted by molar-refractivity contribution is 9.10. The number of nitrogens with two attached hydrogens (primary N) is 1. The highest BCUT2D eigenvalue weighted by atomic mass is 79.9. The second-order valence-corrected chi connectivity index (χ2v) is 5.14. The van der Waals surface area contributed by atoms with Crippen LogP contribution in [0, 0.1) is 6.92 Å². The van der Waals surface area contributed by atoms with Gasteiger partial charge in [-0.25, -0.2) is 0 Å². The minimum atomic E-state index is -0.342. The number of anilines is 1. The van der Waals surface area contributed by atoms with E-state index >= 15 is 0 Å². The summed E-state index contributed by atoms with van der Waals surface area (Å²) in [6.45, 7) is 2.10. The second kappa shape index (κ2) is 6.56. The summed E-state index contributed by atoms with van der Waals surface area (Å²) in [6, 6.07) is 3.48. The van der Waals surface area contributed by atoms with E-state index in [2.05, 4.69) is 20.7 Å². The predicted molar refractivity (Wildman–Crippen MR) is 76.9 cm³/mol. The van der Waals surface area contributed by atoms with E-state index in [1.807, 2.05) is 0 Å². The molecule has 0 radical (unpaired) electrons. The number of hydrogen-bond acceptors (Lipinski definition) is 4. The van der Waals surface area contributed by atoms with E-state index < -0.39 is 0 Å².